The van der Waals surface area contributed by atoms with Crippen molar-refractivity contribution in [2.24, 2.45) is 5.92 Å². The van der Waals surface area contributed by atoms with Crippen LogP contribution in [0.2, 0.25) is 0 Å². The number of carbonyl (C=O) groups is 1. The van der Waals surface area contributed by atoms with Crippen molar-refractivity contribution in [1.29, 1.82) is 0 Å². The van der Waals surface area contributed by atoms with E-state index in [9.17, 15) is 4.79 Å². The fourth-order valence-corrected chi connectivity index (χ4v) is 2.80. The Bertz CT molecular complexity index is 413. The monoisotopic (exact) mass is 296 g/mol. The fourth-order valence-electron chi connectivity index (χ4n) is 2.29. The van der Waals surface area contributed by atoms with Crippen LogP contribution in [0.5, 0.6) is 0 Å². The van der Waals surface area contributed by atoms with Crippen LogP contribution in [0.15, 0.2) is 22.7 Å². The van der Waals surface area contributed by atoms with Gasteiger partial charge in [0.1, 0.15) is 0 Å². The number of nitrogens with zero attached hydrogens (tertiary/aromatic N) is 1. The van der Waals surface area contributed by atoms with Gasteiger partial charge in [0.25, 0.3) is 5.91 Å². The maximum absolute atomic E-state index is 12.3. The summed E-state index contributed by atoms with van der Waals surface area (Å²) in [6.07, 6.45) is 2.31. The van der Waals surface area contributed by atoms with Crippen LogP contribution in [-0.2, 0) is 0 Å². The van der Waals surface area contributed by atoms with Gasteiger partial charge in [0, 0.05) is 28.8 Å². The molecule has 0 saturated carbocycles. The van der Waals surface area contributed by atoms with Crippen molar-refractivity contribution in [3.8, 4) is 0 Å². The molecule has 4 heteroatoms. The number of halogens is 1. The highest BCUT2D eigenvalue weighted by Crippen LogP contribution is 2.21. The first-order valence-electron chi connectivity index (χ1n) is 5.91. The highest BCUT2D eigenvalue weighted by atomic mass is 79.9. The number of nitrogens with two attached hydrogens (primary N) is 1. The van der Waals surface area contributed by atoms with Crippen molar-refractivity contribution in [2.75, 3.05) is 18.8 Å². The molecule has 3 nitrogen and oxygen atoms in total. The summed E-state index contributed by atoms with van der Waals surface area (Å²) in [4.78, 5) is 14.2. The molecule has 17 heavy (non-hydrogen) atoms. The molecule has 1 fully saturated rings. The van der Waals surface area contributed by atoms with E-state index in [1.54, 1.807) is 12.1 Å². The van der Waals surface area contributed by atoms with Gasteiger partial charge in [0.05, 0.1) is 0 Å². The summed E-state index contributed by atoms with van der Waals surface area (Å²) in [5, 5.41) is 0. The molecule has 0 radical (unpaired) electrons. The highest BCUT2D eigenvalue weighted by molar-refractivity contribution is 9.10. The van der Waals surface area contributed by atoms with E-state index in [0.717, 1.165) is 24.0 Å². The van der Waals surface area contributed by atoms with E-state index < -0.39 is 0 Å². The Morgan fingerprint density at radius 1 is 1.47 bits per heavy atom. The van der Waals surface area contributed by atoms with Crippen LogP contribution in [-0.4, -0.2) is 23.9 Å². The quantitative estimate of drug-likeness (QED) is 0.810. The number of likely N-dealkylation sites (tertiary alicyclic amines) is 1. The average molecular weight is 297 g/mol. The number of piperidine rings is 1. The second kappa shape index (κ2) is 5.08. The maximum Gasteiger partial charge on any atom is 0.253 e. The number of rotatable bonds is 1. The predicted molar refractivity (Wildman–Crippen MR) is 72.9 cm³/mol. The molecular weight excluding hydrogens is 280 g/mol. The van der Waals surface area contributed by atoms with E-state index >= 15 is 0 Å². The van der Waals surface area contributed by atoms with Gasteiger partial charge in [-0.25, -0.2) is 0 Å². The maximum atomic E-state index is 12.3. The standard InChI is InChI=1S/C13H17BrN2O/c1-9-3-2-4-16(8-9)13(17)10-5-11(14)7-12(15)6-10/h5-7,9H,2-4,8,15H2,1H3. The number of hydrogen-bond acceptors (Lipinski definition) is 2. The predicted octanol–water partition coefficient (Wildman–Crippen LogP) is 2.90. The third-order valence-corrected chi connectivity index (χ3v) is 3.57. The summed E-state index contributed by atoms with van der Waals surface area (Å²) < 4.78 is 0.853. The van der Waals surface area contributed by atoms with E-state index in [-0.39, 0.29) is 5.91 Å². The number of nitrogen functional groups attached to an aromatic ring is 1. The summed E-state index contributed by atoms with van der Waals surface area (Å²) in [6, 6.07) is 5.37. The lowest BCUT2D eigenvalue weighted by atomic mass is 9.99. The van der Waals surface area contributed by atoms with Crippen LogP contribution in [0.1, 0.15) is 30.1 Å². The SMILES string of the molecule is CC1CCCN(C(=O)c2cc(N)cc(Br)c2)C1. The lowest BCUT2D eigenvalue weighted by Crippen LogP contribution is -2.39. The van der Waals surface area contributed by atoms with Crippen LogP contribution in [0.3, 0.4) is 0 Å². The number of amides is 1. The Kier molecular flexibility index (Phi) is 3.72. The number of anilines is 1. The summed E-state index contributed by atoms with van der Waals surface area (Å²) >= 11 is 3.37. The lowest BCUT2D eigenvalue weighted by molar-refractivity contribution is 0.0683. The van der Waals surface area contributed by atoms with Crippen LogP contribution < -0.4 is 5.73 Å². The second-order valence-electron chi connectivity index (χ2n) is 4.77. The fraction of sp³-hybridized carbons (Fsp3) is 0.462. The molecule has 1 heterocycles. The molecule has 1 aromatic rings. The van der Waals surface area contributed by atoms with Gasteiger partial charge < -0.3 is 10.6 Å². The smallest absolute Gasteiger partial charge is 0.253 e. The zero-order valence-electron chi connectivity index (χ0n) is 9.95. The van der Waals surface area contributed by atoms with E-state index in [1.807, 2.05) is 11.0 Å². The molecule has 2 N–H and O–H groups in total. The lowest BCUT2D eigenvalue weighted by Gasteiger charge is -2.31. The van der Waals surface area contributed by atoms with Gasteiger partial charge in [0.15, 0.2) is 0 Å². The van der Waals surface area contributed by atoms with Crippen molar-refractivity contribution < 1.29 is 4.79 Å². The molecule has 0 aromatic heterocycles. The molecule has 1 aliphatic heterocycles. The van der Waals surface area contributed by atoms with Crippen LogP contribution in [0, 0.1) is 5.92 Å². The Morgan fingerprint density at radius 3 is 2.88 bits per heavy atom. The largest absolute Gasteiger partial charge is 0.399 e. The summed E-state index contributed by atoms with van der Waals surface area (Å²) in [5.41, 5.74) is 7.04. The summed E-state index contributed by atoms with van der Waals surface area (Å²) in [7, 11) is 0. The minimum absolute atomic E-state index is 0.0875. The molecular formula is C13H17BrN2O. The normalized spacial score (nSPS) is 20.4. The van der Waals surface area contributed by atoms with Crippen LogP contribution in [0.4, 0.5) is 5.69 Å². The number of carbonyl (C=O) groups excluding carboxylic acids is 1. The summed E-state index contributed by atoms with van der Waals surface area (Å²) in [6.45, 7) is 3.90. The van der Waals surface area contributed by atoms with Crippen molar-refractivity contribution in [1.82, 2.24) is 4.90 Å². The Labute approximate surface area is 110 Å². The molecule has 1 unspecified atom stereocenters. The van der Waals surface area contributed by atoms with Gasteiger partial charge in [0.2, 0.25) is 0 Å². The number of benzene rings is 1. The Morgan fingerprint density at radius 2 is 2.24 bits per heavy atom. The Hall–Kier alpha value is -1.03. The Balaban J connectivity index is 2.18. The molecule has 1 aliphatic rings. The molecule has 1 aromatic carbocycles. The van der Waals surface area contributed by atoms with Gasteiger partial charge >= 0.3 is 0 Å². The molecule has 1 amide bonds. The van der Waals surface area contributed by atoms with Crippen molar-refractivity contribution in [3.05, 3.63) is 28.2 Å². The molecule has 1 atom stereocenters. The van der Waals surface area contributed by atoms with Crippen molar-refractivity contribution >= 4 is 27.5 Å². The first-order valence-corrected chi connectivity index (χ1v) is 6.71. The molecule has 92 valence electrons. The van der Waals surface area contributed by atoms with Gasteiger partial charge in [-0.2, -0.15) is 0 Å². The van der Waals surface area contributed by atoms with Gasteiger partial charge in [-0.3, -0.25) is 4.79 Å². The van der Waals surface area contributed by atoms with Gasteiger partial charge in [-0.15, -0.1) is 0 Å². The average Bonchev–Trinajstić information content (AvgIpc) is 2.26. The van der Waals surface area contributed by atoms with E-state index in [4.69, 9.17) is 5.73 Å². The third-order valence-electron chi connectivity index (χ3n) is 3.11. The van der Waals surface area contributed by atoms with Crippen LogP contribution in [0.25, 0.3) is 0 Å². The van der Waals surface area contributed by atoms with Crippen molar-refractivity contribution in [3.63, 3.8) is 0 Å². The second-order valence-corrected chi connectivity index (χ2v) is 5.69. The van der Waals surface area contributed by atoms with Crippen molar-refractivity contribution in [2.45, 2.75) is 19.8 Å². The zero-order valence-corrected chi connectivity index (χ0v) is 11.5. The molecule has 0 aliphatic carbocycles. The number of hydrogen-bond donors (Lipinski definition) is 1. The van der Waals surface area contributed by atoms with E-state index in [1.165, 1.54) is 6.42 Å². The minimum Gasteiger partial charge on any atom is -0.399 e. The van der Waals surface area contributed by atoms with E-state index in [2.05, 4.69) is 22.9 Å². The first kappa shape index (κ1) is 12.4. The minimum atomic E-state index is 0.0875. The molecule has 1 saturated heterocycles. The van der Waals surface area contributed by atoms with E-state index in [0.29, 0.717) is 17.2 Å². The molecule has 0 spiro atoms. The molecule has 0 bridgehead atoms. The zero-order chi connectivity index (χ0) is 12.4. The summed E-state index contributed by atoms with van der Waals surface area (Å²) in [5.74, 6) is 0.682. The van der Waals surface area contributed by atoms with Crippen LogP contribution >= 0.6 is 15.9 Å². The molecule has 2 rings (SSSR count). The third kappa shape index (κ3) is 3.00. The van der Waals surface area contributed by atoms with Gasteiger partial charge in [-0.05, 0) is 37.0 Å². The topological polar surface area (TPSA) is 46.3 Å². The van der Waals surface area contributed by atoms with Gasteiger partial charge in [-0.1, -0.05) is 22.9 Å². The first-order chi connectivity index (χ1) is 8.06. The highest BCUT2D eigenvalue weighted by Gasteiger charge is 2.22.